The van der Waals surface area contributed by atoms with Crippen LogP contribution in [0.5, 0.6) is 0 Å². The molecule has 2 unspecified atom stereocenters. The topological polar surface area (TPSA) is 187 Å². The van der Waals surface area contributed by atoms with Gasteiger partial charge in [-0.2, -0.15) is 0 Å². The van der Waals surface area contributed by atoms with E-state index in [1.165, 1.54) is 12.8 Å². The Morgan fingerprint density at radius 3 is 1.74 bits per heavy atom. The molecule has 2 saturated carbocycles. The van der Waals surface area contributed by atoms with Crippen molar-refractivity contribution in [2.24, 2.45) is 0 Å². The molecule has 2 atom stereocenters. The number of rotatable bonds is 13. The van der Waals surface area contributed by atoms with Crippen molar-refractivity contribution in [2.75, 3.05) is 28.6 Å². The summed E-state index contributed by atoms with van der Waals surface area (Å²) in [5.41, 5.74) is 3.13. The molecule has 0 radical (unpaired) electrons. The second-order valence-electron chi connectivity index (χ2n) is 21.1. The van der Waals surface area contributed by atoms with Crippen LogP contribution >= 0.6 is 0 Å². The minimum Gasteiger partial charge on any atom is -0.871 e. The third-order valence-electron chi connectivity index (χ3n) is 15.4. The Kier molecular flexibility index (Phi) is 14.3. The summed E-state index contributed by atoms with van der Waals surface area (Å²) in [6, 6.07) is 7.65. The van der Waals surface area contributed by atoms with E-state index in [4.69, 9.17) is 0 Å². The highest BCUT2D eigenvalue weighted by Gasteiger charge is 2.47. The van der Waals surface area contributed by atoms with Gasteiger partial charge in [0.15, 0.2) is 11.8 Å². The number of nitrogens with zero attached hydrogens (tertiary/aromatic N) is 2. The largest absolute Gasteiger partial charge is 0.871 e. The van der Waals surface area contributed by atoms with Crippen molar-refractivity contribution in [1.29, 1.82) is 0 Å². The lowest BCUT2D eigenvalue weighted by Gasteiger charge is -2.34. The van der Waals surface area contributed by atoms with Gasteiger partial charge < -0.3 is 41.9 Å². The lowest BCUT2D eigenvalue weighted by molar-refractivity contribution is -0.292. The van der Waals surface area contributed by atoms with E-state index in [2.05, 4.69) is 111 Å². The number of hydrogen-bond acceptors (Lipinski definition) is 7. The first-order chi connectivity index (χ1) is 31.2. The molecule has 14 nitrogen and oxygen atoms in total. The molecule has 3 aliphatic carbocycles. The van der Waals surface area contributed by atoms with Crippen LogP contribution in [0, 0.1) is 0 Å². The van der Waals surface area contributed by atoms with Gasteiger partial charge >= 0.3 is 12.1 Å². The summed E-state index contributed by atoms with van der Waals surface area (Å²) in [5, 5.41) is 33.8. The number of anilines is 3. The molecule has 0 bridgehead atoms. The van der Waals surface area contributed by atoms with Gasteiger partial charge in [-0.05, 0) is 105 Å². The first-order valence-electron chi connectivity index (χ1n) is 24.7. The summed E-state index contributed by atoms with van der Waals surface area (Å²) >= 11 is 0. The summed E-state index contributed by atoms with van der Waals surface area (Å²) in [6.07, 6.45) is 10.5. The summed E-state index contributed by atoms with van der Waals surface area (Å²) < 4.78 is 2.31. The van der Waals surface area contributed by atoms with Crippen LogP contribution < -0.4 is 57.1 Å². The molecule has 7 rings (SSSR count). The number of nitrogens with one attached hydrogen (secondary N) is 6. The van der Waals surface area contributed by atoms with Gasteiger partial charge in [0.05, 0.1) is 16.8 Å². The van der Waals surface area contributed by atoms with E-state index in [-0.39, 0.29) is 108 Å². The van der Waals surface area contributed by atoms with Crippen molar-refractivity contribution in [3.05, 3.63) is 57.3 Å². The number of benzene rings is 2. The van der Waals surface area contributed by atoms with Crippen molar-refractivity contribution in [3.63, 3.8) is 0 Å². The van der Waals surface area contributed by atoms with Crippen molar-refractivity contribution in [3.8, 4) is 0 Å². The average molecular weight is 907 g/mol. The number of ketones is 1. The summed E-state index contributed by atoms with van der Waals surface area (Å²) in [6.45, 7) is 21.6. The van der Waals surface area contributed by atoms with Crippen LogP contribution in [-0.2, 0) is 25.2 Å². The summed E-state index contributed by atoms with van der Waals surface area (Å²) in [5.74, 6) is -1.67. The molecular weight excluding hydrogens is 833 g/mol. The highest BCUT2D eigenvalue weighted by molar-refractivity contribution is 6.52. The maximum absolute atomic E-state index is 14.8. The molecule has 6 N–H and O–H groups in total. The van der Waals surface area contributed by atoms with Gasteiger partial charge in [0.1, 0.15) is 6.04 Å². The number of amides is 6. The predicted molar refractivity (Wildman–Crippen MR) is 260 cm³/mol. The van der Waals surface area contributed by atoms with Crippen LogP contribution in [0.3, 0.4) is 0 Å². The van der Waals surface area contributed by atoms with Crippen LogP contribution in [0.2, 0.25) is 0 Å². The van der Waals surface area contributed by atoms with Crippen molar-refractivity contribution < 1.29 is 29.1 Å². The molecule has 66 heavy (non-hydrogen) atoms. The second-order valence-corrected chi connectivity index (χ2v) is 21.1. The fraction of sp³-hybridized carbons (Fsp3) is 0.615. The zero-order valence-corrected chi connectivity index (χ0v) is 41.0. The van der Waals surface area contributed by atoms with Gasteiger partial charge in [0, 0.05) is 94.8 Å². The molecule has 2 fully saturated rings. The molecule has 5 aliphatic rings. The molecule has 0 spiro atoms. The molecule has 0 saturated heterocycles. The summed E-state index contributed by atoms with van der Waals surface area (Å²) in [4.78, 5) is 69.8. The zero-order chi connectivity index (χ0) is 47.8. The maximum atomic E-state index is 14.8. The Balaban J connectivity index is 1.24. The summed E-state index contributed by atoms with van der Waals surface area (Å²) in [7, 11) is 0. The normalized spacial score (nSPS) is 22.2. The number of hydrogen-bond donors (Lipinski definition) is 6. The molecule has 0 aromatic heterocycles. The predicted octanol–water partition coefficient (Wildman–Crippen LogP) is 5.59. The number of fused-ring (bicyclic) bond motifs is 2. The minimum atomic E-state index is -0.470. The standard InChI is InChI=1S/C52H74N8O6/c1-29(2)59-31(5)51(7,8)37-25-35(39(27-41(37)59)57-43(61)21-23-53-49(65)55-33-17-13-11-14-18-33)45-47(63)46(48(45)64)36-26-38-42(60(30(3)4)32(6)52(38,9)10)28-40(36)58-44(62)22-24-54-50(66)56-34-19-15-12-16-20-34/h25-34H,11-24H2,1-10H3,(H6,53,54,55,56,57,58,61,62,63,64,65,66). The highest BCUT2D eigenvalue weighted by Crippen LogP contribution is 2.50. The van der Waals surface area contributed by atoms with E-state index in [0.717, 1.165) is 73.5 Å². The van der Waals surface area contributed by atoms with Gasteiger partial charge in [-0.1, -0.05) is 58.1 Å². The van der Waals surface area contributed by atoms with Gasteiger partial charge in [0.25, 0.3) is 0 Å². The minimum absolute atomic E-state index is 0.0144. The molecule has 2 heterocycles. The second kappa shape index (κ2) is 19.4. The first-order valence-corrected chi connectivity index (χ1v) is 24.7. The Labute approximate surface area is 390 Å². The Morgan fingerprint density at radius 2 is 1.24 bits per heavy atom. The van der Waals surface area contributed by atoms with Gasteiger partial charge in [0.2, 0.25) is 17.2 Å². The number of carbonyl (C=O) groups is 5. The Hall–Kier alpha value is -5.40. The molecule has 2 aromatic carbocycles. The number of Topliss-reactive ketones (excluding diaryl/α,β-unsaturated/α-hetero) is 1. The number of allylic oxidation sites excluding steroid dienone is 2. The fourth-order valence-corrected chi connectivity index (χ4v) is 11.1. The lowest BCUT2D eigenvalue weighted by atomic mass is 9.76. The van der Waals surface area contributed by atoms with Gasteiger partial charge in [-0.3, -0.25) is 14.4 Å². The van der Waals surface area contributed by atoms with Gasteiger partial charge in [-0.25, -0.2) is 14.2 Å². The van der Waals surface area contributed by atoms with E-state index >= 15 is 0 Å². The first kappa shape index (κ1) is 48.5. The maximum Gasteiger partial charge on any atom is 0.315 e. The molecular formula is C52H74N8O6. The number of urea groups is 2. The van der Waals surface area contributed by atoms with Crippen molar-refractivity contribution in [1.82, 2.24) is 25.8 Å². The van der Waals surface area contributed by atoms with Crippen molar-refractivity contribution >= 4 is 57.9 Å². The molecule has 14 heteroatoms. The van der Waals surface area contributed by atoms with E-state index in [9.17, 15) is 29.1 Å². The quantitative estimate of drug-likeness (QED) is 0.142. The van der Waals surface area contributed by atoms with Crippen LogP contribution in [-0.4, -0.2) is 79.0 Å². The third-order valence-corrected chi connectivity index (χ3v) is 15.4. The average Bonchev–Trinajstić information content (AvgIpc) is 3.57. The third kappa shape index (κ3) is 9.56. The van der Waals surface area contributed by atoms with E-state index in [1.54, 1.807) is 0 Å². The molecule has 2 aliphatic heterocycles. The lowest BCUT2D eigenvalue weighted by Crippen LogP contribution is -2.43. The van der Waals surface area contributed by atoms with Crippen LogP contribution in [0.4, 0.5) is 26.7 Å². The van der Waals surface area contributed by atoms with Gasteiger partial charge in [-0.15, -0.1) is 0 Å². The molecule has 358 valence electrons. The Morgan fingerprint density at radius 1 is 0.712 bits per heavy atom. The van der Waals surface area contributed by atoms with Crippen LogP contribution in [0.25, 0.3) is 11.1 Å². The van der Waals surface area contributed by atoms with Crippen LogP contribution in [0.15, 0.2) is 30.0 Å². The fourth-order valence-electron chi connectivity index (χ4n) is 11.1. The number of carbonyl (C=O) groups excluding carboxylic acids is 5. The molecule has 6 amide bonds. The van der Waals surface area contributed by atoms with E-state index in [1.807, 2.05) is 24.3 Å². The van der Waals surface area contributed by atoms with Crippen LogP contribution in [0.1, 0.15) is 163 Å². The Bertz CT molecular complexity index is 2420. The monoisotopic (exact) mass is 907 g/mol. The smallest absolute Gasteiger partial charge is 0.315 e. The SMILES string of the molecule is CC(C)N1c2cc(NC(=O)CCNC(=O)NC3CCCCC3)c(C3=C([O-])/C(=c4/cc5c(cc4NC(=O)CCNC(=O)NC4CCCCC4)=[N+](C(C)C)C(C)C5(C)C)C3=O)cc2C(C)(C)C1C. The highest BCUT2D eigenvalue weighted by atomic mass is 16.3. The van der Waals surface area contributed by atoms with Crippen molar-refractivity contribution in [2.45, 2.75) is 193 Å². The zero-order valence-electron chi connectivity index (χ0n) is 41.0. The molecule has 2 aromatic rings. The van der Waals surface area contributed by atoms with E-state index in [0.29, 0.717) is 22.2 Å². The van der Waals surface area contributed by atoms with E-state index < -0.39 is 11.5 Å².